The van der Waals surface area contributed by atoms with Gasteiger partial charge in [0.05, 0.1) is 6.10 Å². The molecule has 0 unspecified atom stereocenters. The van der Waals surface area contributed by atoms with Crippen LogP contribution in [0.2, 0.25) is 5.02 Å². The zero-order chi connectivity index (χ0) is 14.7. The Morgan fingerprint density at radius 1 is 1.29 bits per heavy atom. The Kier molecular flexibility index (Phi) is 5.04. The normalized spacial score (nSPS) is 25.8. The molecule has 3 rings (SSSR count). The summed E-state index contributed by atoms with van der Waals surface area (Å²) in [5, 5.41) is 4.06. The van der Waals surface area contributed by atoms with Crippen molar-refractivity contribution in [3.63, 3.8) is 0 Å². The Morgan fingerprint density at radius 3 is 2.71 bits per heavy atom. The van der Waals surface area contributed by atoms with Gasteiger partial charge >= 0.3 is 0 Å². The monoisotopic (exact) mass is 308 g/mol. The number of nitrogens with zero attached hydrogens (tertiary/aromatic N) is 1. The molecular formula is C17H25ClN2O. The smallest absolute Gasteiger partial charge is 0.121 e. The Labute approximate surface area is 132 Å². The number of halogens is 1. The van der Waals surface area contributed by atoms with Crippen LogP contribution in [0.25, 0.3) is 0 Å². The summed E-state index contributed by atoms with van der Waals surface area (Å²) >= 11 is 6.41. The topological polar surface area (TPSA) is 24.5 Å². The fourth-order valence-electron chi connectivity index (χ4n) is 3.33. The first-order valence-corrected chi connectivity index (χ1v) is 8.44. The molecule has 2 aliphatic rings. The Morgan fingerprint density at radius 2 is 2.05 bits per heavy atom. The second kappa shape index (κ2) is 6.99. The largest absolute Gasteiger partial charge is 0.490 e. The number of nitrogens with one attached hydrogen (secondary N) is 1. The highest BCUT2D eigenvalue weighted by Crippen LogP contribution is 2.32. The third-order valence-electron chi connectivity index (χ3n) is 4.61. The lowest BCUT2D eigenvalue weighted by Gasteiger charge is -2.35. The number of likely N-dealkylation sites (tertiary alicyclic amines) is 1. The lowest BCUT2D eigenvalue weighted by molar-refractivity contribution is 0.0657. The van der Waals surface area contributed by atoms with Crippen molar-refractivity contribution >= 4 is 11.6 Å². The zero-order valence-electron chi connectivity index (χ0n) is 12.8. The van der Waals surface area contributed by atoms with Gasteiger partial charge in [-0.3, -0.25) is 4.90 Å². The highest BCUT2D eigenvalue weighted by atomic mass is 35.5. The summed E-state index contributed by atoms with van der Waals surface area (Å²) in [5.41, 5.74) is 1.22. The van der Waals surface area contributed by atoms with Crippen molar-refractivity contribution < 1.29 is 4.74 Å². The maximum absolute atomic E-state index is 6.41. The van der Waals surface area contributed by atoms with Gasteiger partial charge in [0.15, 0.2) is 0 Å². The van der Waals surface area contributed by atoms with E-state index in [2.05, 4.69) is 22.3 Å². The first-order valence-electron chi connectivity index (χ1n) is 8.06. The van der Waals surface area contributed by atoms with Crippen molar-refractivity contribution in [2.24, 2.45) is 5.92 Å². The van der Waals surface area contributed by atoms with Crippen molar-refractivity contribution in [1.82, 2.24) is 10.2 Å². The molecule has 1 heterocycles. The van der Waals surface area contributed by atoms with E-state index >= 15 is 0 Å². The number of hydrogen-bond acceptors (Lipinski definition) is 3. The maximum atomic E-state index is 6.41. The van der Waals surface area contributed by atoms with Crippen LogP contribution in [0.4, 0.5) is 0 Å². The summed E-state index contributed by atoms with van der Waals surface area (Å²) in [6.07, 6.45) is 5.29. The average Bonchev–Trinajstić information content (AvgIpc) is 2.92. The predicted molar refractivity (Wildman–Crippen MR) is 87.0 cm³/mol. The molecule has 0 aromatic heterocycles. The van der Waals surface area contributed by atoms with Gasteiger partial charge in [-0.25, -0.2) is 0 Å². The van der Waals surface area contributed by atoms with Gasteiger partial charge in [0, 0.05) is 11.6 Å². The standard InChI is InChI=1S/C17H25ClN2O/c1-19-11-13-8-16(9-13)21-15-5-4-14(17(18)10-15)12-20-6-2-3-7-20/h4-5,10,13,16,19H,2-3,6-9,11-12H2,1H3/t13-,16-. The van der Waals surface area contributed by atoms with Gasteiger partial charge < -0.3 is 10.1 Å². The molecule has 1 aliphatic heterocycles. The van der Waals surface area contributed by atoms with Crippen molar-refractivity contribution in [3.05, 3.63) is 28.8 Å². The SMILES string of the molecule is CNC[C@H]1C[C@H](Oc2ccc(CN3CCCC3)c(Cl)c2)C1. The van der Waals surface area contributed by atoms with E-state index in [0.29, 0.717) is 6.10 Å². The molecule has 2 fully saturated rings. The first-order chi connectivity index (χ1) is 10.2. The highest BCUT2D eigenvalue weighted by Gasteiger charge is 2.30. The van der Waals surface area contributed by atoms with Crippen LogP contribution in [0.15, 0.2) is 18.2 Å². The molecule has 3 nitrogen and oxygen atoms in total. The minimum absolute atomic E-state index is 0.365. The second-order valence-electron chi connectivity index (χ2n) is 6.37. The van der Waals surface area contributed by atoms with E-state index in [1.807, 2.05) is 13.1 Å². The van der Waals surface area contributed by atoms with E-state index in [9.17, 15) is 0 Å². The van der Waals surface area contributed by atoms with Gasteiger partial charge in [0.25, 0.3) is 0 Å². The molecule has 0 atom stereocenters. The molecule has 4 heteroatoms. The Balaban J connectivity index is 1.52. The maximum Gasteiger partial charge on any atom is 0.121 e. The van der Waals surface area contributed by atoms with Crippen LogP contribution in [0.1, 0.15) is 31.2 Å². The van der Waals surface area contributed by atoms with Gasteiger partial charge in [-0.1, -0.05) is 17.7 Å². The van der Waals surface area contributed by atoms with E-state index in [0.717, 1.165) is 42.6 Å². The Hall–Kier alpha value is -0.770. The summed E-state index contributed by atoms with van der Waals surface area (Å²) in [7, 11) is 2.01. The molecule has 0 bridgehead atoms. The molecule has 0 amide bonds. The summed E-state index contributed by atoms with van der Waals surface area (Å²) in [4.78, 5) is 2.47. The molecular weight excluding hydrogens is 284 g/mol. The summed E-state index contributed by atoms with van der Waals surface area (Å²) in [6, 6.07) is 6.18. The van der Waals surface area contributed by atoms with Gasteiger partial charge in [-0.2, -0.15) is 0 Å². The molecule has 1 aromatic carbocycles. The van der Waals surface area contributed by atoms with Crippen LogP contribution in [0.3, 0.4) is 0 Å². The predicted octanol–water partition coefficient (Wildman–Crippen LogP) is 3.31. The lowest BCUT2D eigenvalue weighted by Crippen LogP contribution is -2.38. The van der Waals surface area contributed by atoms with E-state index in [4.69, 9.17) is 16.3 Å². The van der Waals surface area contributed by atoms with Crippen LogP contribution >= 0.6 is 11.6 Å². The fourth-order valence-corrected chi connectivity index (χ4v) is 3.56. The highest BCUT2D eigenvalue weighted by molar-refractivity contribution is 6.31. The minimum Gasteiger partial charge on any atom is -0.490 e. The van der Waals surface area contributed by atoms with E-state index in [1.54, 1.807) is 0 Å². The van der Waals surface area contributed by atoms with Crippen LogP contribution in [0, 0.1) is 5.92 Å². The van der Waals surface area contributed by atoms with Crippen LogP contribution in [0.5, 0.6) is 5.75 Å². The second-order valence-corrected chi connectivity index (χ2v) is 6.78. The molecule has 0 radical (unpaired) electrons. The van der Waals surface area contributed by atoms with Crippen molar-refractivity contribution in [2.75, 3.05) is 26.7 Å². The summed E-state index contributed by atoms with van der Waals surface area (Å²) in [5.74, 6) is 1.68. The molecule has 1 saturated carbocycles. The van der Waals surface area contributed by atoms with Gasteiger partial charge in [0.1, 0.15) is 5.75 Å². The number of ether oxygens (including phenoxy) is 1. The summed E-state index contributed by atoms with van der Waals surface area (Å²) in [6.45, 7) is 4.45. The molecule has 1 saturated heterocycles. The Bertz CT molecular complexity index is 468. The van der Waals surface area contributed by atoms with Crippen molar-refractivity contribution in [2.45, 2.75) is 38.3 Å². The summed E-state index contributed by atoms with van der Waals surface area (Å²) < 4.78 is 6.01. The molecule has 116 valence electrons. The van der Waals surface area contributed by atoms with Gasteiger partial charge in [0.2, 0.25) is 0 Å². The minimum atomic E-state index is 0.365. The molecule has 1 aromatic rings. The fraction of sp³-hybridized carbons (Fsp3) is 0.647. The molecule has 1 aliphatic carbocycles. The number of rotatable bonds is 6. The third-order valence-corrected chi connectivity index (χ3v) is 4.96. The number of hydrogen-bond donors (Lipinski definition) is 1. The van der Waals surface area contributed by atoms with E-state index < -0.39 is 0 Å². The van der Waals surface area contributed by atoms with Crippen LogP contribution < -0.4 is 10.1 Å². The molecule has 21 heavy (non-hydrogen) atoms. The molecule has 1 N–H and O–H groups in total. The van der Waals surface area contributed by atoms with Crippen LogP contribution in [-0.4, -0.2) is 37.7 Å². The number of benzene rings is 1. The zero-order valence-corrected chi connectivity index (χ0v) is 13.5. The first kappa shape index (κ1) is 15.1. The van der Waals surface area contributed by atoms with Crippen molar-refractivity contribution in [3.8, 4) is 5.75 Å². The quantitative estimate of drug-likeness (QED) is 0.872. The molecule has 0 spiro atoms. The van der Waals surface area contributed by atoms with Gasteiger partial charge in [-0.15, -0.1) is 0 Å². The lowest BCUT2D eigenvalue weighted by atomic mass is 9.82. The van der Waals surface area contributed by atoms with Crippen LogP contribution in [-0.2, 0) is 6.54 Å². The van der Waals surface area contributed by atoms with Crippen molar-refractivity contribution in [1.29, 1.82) is 0 Å². The van der Waals surface area contributed by atoms with Gasteiger partial charge in [-0.05, 0) is 76.0 Å². The third kappa shape index (κ3) is 3.91. The average molecular weight is 309 g/mol. The van der Waals surface area contributed by atoms with E-state index in [1.165, 1.54) is 31.5 Å². The van der Waals surface area contributed by atoms with E-state index in [-0.39, 0.29) is 0 Å².